The minimum absolute atomic E-state index is 0.00520. The molecule has 1 aromatic carbocycles. The SMILES string of the molecule is CC[C@H](C)[C@H]1NC(=O)[C@@H](Cc2ccc(O)cc2)NC(=O)[C@H](N)CSSC[C@H](C(=O)N2CCC[C@@H]2C(=O)N[C@H](CCCN=C(N)N)C(=O)NCC(N)=O)NC(=O)[C@@H](CC(N)=O)NC(=O)[C@@H](CCC(N)=O)NC1=O. The standard InChI is InChI=1S/C43H67N15O12S2/c1-3-21(2)34-41(69)53-26(12-13-31(45)60)37(65)55-28(17-32(46)61)38(66)56-29(20-72-71-19-24(44)35(63)54-27(39(67)57-34)16-22-8-10-23(59)11-9-22)42(70)58-15-5-7-30(58)40(68)52-25(6-4-14-50-43(48)49)36(64)51-18-33(47)62/h8-11,21,24-30,34,59H,3-7,12-20,44H2,1-2H3,(H2,45,60)(H2,46,61)(H2,47,62)(H,51,64)(H,52,68)(H,53,69)(H,54,63)(H,55,65)(H,56,66)(H,57,67)(H4,48,49,50)/t21-,24+,25+,26+,27+,28+,29+,30+,34+/m0/s1. The van der Waals surface area contributed by atoms with Crippen molar-refractivity contribution < 1.29 is 57.8 Å². The van der Waals surface area contributed by atoms with E-state index in [9.17, 15) is 57.8 Å². The van der Waals surface area contributed by atoms with Crippen LogP contribution in [0.4, 0.5) is 0 Å². The molecule has 9 atom stereocenters. The van der Waals surface area contributed by atoms with Crippen molar-refractivity contribution in [1.29, 1.82) is 0 Å². The second-order valence-corrected chi connectivity index (χ2v) is 19.8. The van der Waals surface area contributed by atoms with Crippen molar-refractivity contribution in [1.82, 2.24) is 42.1 Å². The minimum atomic E-state index is -1.78. The first-order valence-corrected chi connectivity index (χ1v) is 25.6. The van der Waals surface area contributed by atoms with E-state index in [0.29, 0.717) is 18.4 Å². The van der Waals surface area contributed by atoms with E-state index < -0.39 is 145 Å². The van der Waals surface area contributed by atoms with Crippen LogP contribution in [0.5, 0.6) is 5.75 Å². The van der Waals surface area contributed by atoms with Crippen molar-refractivity contribution in [2.45, 2.75) is 120 Å². The maximum atomic E-state index is 14.5. The Hall–Kier alpha value is -6.88. The number of hydrogen-bond acceptors (Lipinski definition) is 16. The molecular formula is C43H67N15O12S2. The topological polar surface area (TPSA) is 464 Å². The number of primary amides is 3. The lowest BCUT2D eigenvalue weighted by molar-refractivity contribution is -0.142. The zero-order valence-electron chi connectivity index (χ0n) is 40.0. The number of nitrogens with zero attached hydrogens (tertiary/aromatic N) is 2. The van der Waals surface area contributed by atoms with Crippen molar-refractivity contribution >= 4 is 92.5 Å². The van der Waals surface area contributed by atoms with Crippen molar-refractivity contribution in [3.05, 3.63) is 29.8 Å². The molecule has 29 heteroatoms. The lowest BCUT2D eigenvalue weighted by atomic mass is 9.96. The van der Waals surface area contributed by atoms with Gasteiger partial charge in [-0.2, -0.15) is 0 Å². The van der Waals surface area contributed by atoms with Crippen molar-refractivity contribution in [2.24, 2.45) is 45.3 Å². The summed E-state index contributed by atoms with van der Waals surface area (Å²) >= 11 is 0. The Kier molecular flexibility index (Phi) is 24.3. The molecule has 0 saturated carbocycles. The van der Waals surface area contributed by atoms with Gasteiger partial charge in [-0.15, -0.1) is 0 Å². The normalized spacial score (nSPS) is 23.6. The van der Waals surface area contributed by atoms with Crippen LogP contribution < -0.4 is 71.6 Å². The van der Waals surface area contributed by atoms with Crippen LogP contribution in [-0.4, -0.2) is 160 Å². The molecule has 0 spiro atoms. The molecule has 27 nitrogen and oxygen atoms in total. The second kappa shape index (κ2) is 29.5. The summed E-state index contributed by atoms with van der Waals surface area (Å²) in [5.41, 5.74) is 33.7. The average Bonchev–Trinajstić information content (AvgIpc) is 3.82. The highest BCUT2D eigenvalue weighted by molar-refractivity contribution is 8.76. The summed E-state index contributed by atoms with van der Waals surface area (Å²) in [5.74, 6) is -10.9. The van der Waals surface area contributed by atoms with Crippen molar-refractivity contribution in [3.8, 4) is 5.75 Å². The van der Waals surface area contributed by atoms with Gasteiger partial charge in [0, 0.05) is 37.4 Å². The molecule has 2 aliphatic heterocycles. The summed E-state index contributed by atoms with van der Waals surface area (Å²) in [6.45, 7) is 2.95. The Morgan fingerprint density at radius 3 is 2.06 bits per heavy atom. The first-order valence-electron chi connectivity index (χ1n) is 23.1. The van der Waals surface area contributed by atoms with Crippen LogP contribution in [0.1, 0.15) is 70.8 Å². The Morgan fingerprint density at radius 1 is 0.806 bits per heavy atom. The summed E-state index contributed by atoms with van der Waals surface area (Å²) in [6.07, 6.45) is -0.813. The van der Waals surface area contributed by atoms with Crippen LogP contribution in [0, 0.1) is 5.92 Å². The van der Waals surface area contributed by atoms with Crippen LogP contribution in [0.15, 0.2) is 29.3 Å². The molecule has 2 heterocycles. The molecule has 2 aliphatic rings. The van der Waals surface area contributed by atoms with Crippen LogP contribution in [0.2, 0.25) is 0 Å². The fraction of sp³-hybridized carbons (Fsp3) is 0.581. The number of carbonyl (C=O) groups is 11. The number of guanidine groups is 1. The summed E-state index contributed by atoms with van der Waals surface area (Å²) < 4.78 is 0. The molecule has 72 heavy (non-hydrogen) atoms. The van der Waals surface area contributed by atoms with Crippen molar-refractivity contribution in [2.75, 3.05) is 31.1 Å². The van der Waals surface area contributed by atoms with E-state index in [1.165, 1.54) is 29.2 Å². The van der Waals surface area contributed by atoms with E-state index >= 15 is 0 Å². The number of aliphatic imine (C=N–C) groups is 1. The summed E-state index contributed by atoms with van der Waals surface area (Å²) in [4.78, 5) is 152. The van der Waals surface area contributed by atoms with Gasteiger partial charge in [-0.1, -0.05) is 54.0 Å². The van der Waals surface area contributed by atoms with Crippen LogP contribution >= 0.6 is 21.6 Å². The van der Waals surface area contributed by atoms with Gasteiger partial charge in [-0.3, -0.25) is 57.7 Å². The highest BCUT2D eigenvalue weighted by Crippen LogP contribution is 2.26. The van der Waals surface area contributed by atoms with Gasteiger partial charge in [-0.25, -0.2) is 0 Å². The fourth-order valence-corrected chi connectivity index (χ4v) is 9.69. The minimum Gasteiger partial charge on any atom is -0.508 e. The second-order valence-electron chi connectivity index (χ2n) is 17.2. The van der Waals surface area contributed by atoms with Gasteiger partial charge in [0.1, 0.15) is 48.0 Å². The quantitative estimate of drug-likeness (QED) is 0.0266. The fourth-order valence-electron chi connectivity index (χ4n) is 7.41. The lowest BCUT2D eigenvalue weighted by Crippen LogP contribution is -2.61. The van der Waals surface area contributed by atoms with Gasteiger partial charge in [0.15, 0.2) is 5.96 Å². The summed E-state index contributed by atoms with van der Waals surface area (Å²) in [7, 11) is 2.00. The number of carbonyl (C=O) groups excluding carboxylic acids is 11. The van der Waals surface area contributed by atoms with E-state index in [2.05, 4.69) is 42.2 Å². The monoisotopic (exact) mass is 1050 g/mol. The number of rotatable bonds is 19. The highest BCUT2D eigenvalue weighted by atomic mass is 33.1. The van der Waals surface area contributed by atoms with E-state index in [1.807, 2.05) is 0 Å². The Labute approximate surface area is 423 Å². The van der Waals surface area contributed by atoms with Crippen LogP contribution in [-0.2, 0) is 59.2 Å². The number of nitrogens with two attached hydrogens (primary N) is 6. The number of likely N-dealkylation sites (tertiary alicyclic amines) is 1. The number of nitrogens with one attached hydrogen (secondary N) is 7. The third-order valence-corrected chi connectivity index (χ3v) is 14.0. The Balaban J connectivity index is 2.04. The zero-order valence-corrected chi connectivity index (χ0v) is 41.7. The van der Waals surface area contributed by atoms with Crippen molar-refractivity contribution in [3.63, 3.8) is 0 Å². The summed E-state index contributed by atoms with van der Waals surface area (Å²) in [5, 5.41) is 27.6. The van der Waals surface area contributed by atoms with Gasteiger partial charge in [0.05, 0.1) is 19.0 Å². The molecule has 0 aliphatic carbocycles. The molecule has 0 bridgehead atoms. The molecule has 0 unspecified atom stereocenters. The van der Waals surface area contributed by atoms with Gasteiger partial charge < -0.3 is 81.6 Å². The molecule has 3 rings (SSSR count). The third kappa shape index (κ3) is 19.7. The number of benzene rings is 1. The molecule has 11 amide bonds. The molecule has 1 aromatic rings. The summed E-state index contributed by atoms with van der Waals surface area (Å²) in [6, 6.07) is -5.40. The third-order valence-electron chi connectivity index (χ3n) is 11.5. The maximum absolute atomic E-state index is 14.5. The number of phenols is 1. The number of amides is 11. The molecule has 0 radical (unpaired) electrons. The number of hydrogen-bond donors (Lipinski definition) is 14. The van der Waals surface area contributed by atoms with Gasteiger partial charge in [0.2, 0.25) is 65.0 Å². The smallest absolute Gasteiger partial charge is 0.246 e. The number of aromatic hydroxyl groups is 1. The molecule has 2 fully saturated rings. The first kappa shape index (κ1) is 59.4. The van der Waals surface area contributed by atoms with E-state index in [0.717, 1.165) is 21.6 Å². The molecule has 2 saturated heterocycles. The predicted molar refractivity (Wildman–Crippen MR) is 265 cm³/mol. The maximum Gasteiger partial charge on any atom is 0.246 e. The van der Waals surface area contributed by atoms with Gasteiger partial charge >= 0.3 is 0 Å². The predicted octanol–water partition coefficient (Wildman–Crippen LogP) is -5.60. The average molecular weight is 1050 g/mol. The Bertz CT molecular complexity index is 2170. The first-order chi connectivity index (χ1) is 34.0. The zero-order chi connectivity index (χ0) is 53.7. The largest absolute Gasteiger partial charge is 0.508 e. The lowest BCUT2D eigenvalue weighted by Gasteiger charge is -2.31. The molecule has 0 aromatic heterocycles. The van der Waals surface area contributed by atoms with E-state index in [1.54, 1.807) is 13.8 Å². The van der Waals surface area contributed by atoms with Gasteiger partial charge in [-0.05, 0) is 55.7 Å². The van der Waals surface area contributed by atoms with Crippen LogP contribution in [0.3, 0.4) is 0 Å². The molecular weight excluding hydrogens is 983 g/mol. The Morgan fingerprint density at radius 2 is 1.43 bits per heavy atom. The highest BCUT2D eigenvalue weighted by Gasteiger charge is 2.41. The number of phenolic OH excluding ortho intramolecular Hbond substituents is 1. The van der Waals surface area contributed by atoms with Gasteiger partial charge in [0.25, 0.3) is 0 Å². The van der Waals surface area contributed by atoms with E-state index in [-0.39, 0.29) is 62.0 Å². The van der Waals surface area contributed by atoms with E-state index in [4.69, 9.17) is 34.4 Å². The molecule has 20 N–H and O–H groups in total. The van der Waals surface area contributed by atoms with Crippen LogP contribution in [0.25, 0.3) is 0 Å². The molecule has 398 valence electrons.